The van der Waals surface area contributed by atoms with Crippen LogP contribution in [0.2, 0.25) is 0 Å². The van der Waals surface area contributed by atoms with E-state index in [-0.39, 0.29) is 4.90 Å². The molecular weight excluding hydrogens is 494 g/mol. The molecule has 5 aromatic carbocycles. The zero-order chi connectivity index (χ0) is 26.7. The van der Waals surface area contributed by atoms with Gasteiger partial charge in [0.25, 0.3) is 15.9 Å². The predicted octanol–water partition coefficient (Wildman–Crippen LogP) is 5.96. The Balaban J connectivity index is 1.45. The van der Waals surface area contributed by atoms with E-state index in [2.05, 4.69) is 16.6 Å². The van der Waals surface area contributed by atoms with E-state index in [1.165, 1.54) is 0 Å². The van der Waals surface area contributed by atoms with Gasteiger partial charge in [-0.05, 0) is 65.2 Å². The minimum Gasteiger partial charge on any atom is -0.271 e. The van der Waals surface area contributed by atoms with Gasteiger partial charge >= 0.3 is 0 Å². The highest BCUT2D eigenvalue weighted by Crippen LogP contribution is 2.28. The molecule has 38 heavy (non-hydrogen) atoms. The van der Waals surface area contributed by atoms with Crippen LogP contribution in [0.5, 0.6) is 0 Å². The minimum atomic E-state index is -4.00. The SMILES string of the molecule is Cc1ccc(S(=O)(=O)N(CC(=O)N/N=C/c2c3ccccc3cc3ccccc23)c2ccccc2C)cc1. The number of nitrogens with zero attached hydrogens (tertiary/aromatic N) is 2. The summed E-state index contributed by atoms with van der Waals surface area (Å²) in [7, 11) is -4.00. The number of nitrogens with one attached hydrogen (secondary N) is 1. The molecule has 0 spiro atoms. The lowest BCUT2D eigenvalue weighted by molar-refractivity contribution is -0.119. The van der Waals surface area contributed by atoms with Gasteiger partial charge in [-0.2, -0.15) is 5.10 Å². The quantitative estimate of drug-likeness (QED) is 0.163. The van der Waals surface area contributed by atoms with Crippen molar-refractivity contribution in [3.05, 3.63) is 120 Å². The maximum absolute atomic E-state index is 13.6. The fraction of sp³-hybridized carbons (Fsp3) is 0.0968. The number of sulfonamides is 1. The van der Waals surface area contributed by atoms with Crippen LogP contribution in [0.25, 0.3) is 21.5 Å². The summed E-state index contributed by atoms with van der Waals surface area (Å²) >= 11 is 0. The van der Waals surface area contributed by atoms with Gasteiger partial charge in [0, 0.05) is 5.56 Å². The first kappa shape index (κ1) is 25.2. The van der Waals surface area contributed by atoms with Crippen LogP contribution in [0.4, 0.5) is 5.69 Å². The van der Waals surface area contributed by atoms with Crippen molar-refractivity contribution in [1.29, 1.82) is 0 Å². The van der Waals surface area contributed by atoms with Crippen molar-refractivity contribution < 1.29 is 13.2 Å². The van der Waals surface area contributed by atoms with Crippen molar-refractivity contribution in [3.8, 4) is 0 Å². The number of benzene rings is 5. The molecule has 0 heterocycles. The molecule has 0 bridgehead atoms. The van der Waals surface area contributed by atoms with E-state index >= 15 is 0 Å². The van der Waals surface area contributed by atoms with E-state index in [0.29, 0.717) is 5.69 Å². The lowest BCUT2D eigenvalue weighted by Gasteiger charge is -2.25. The zero-order valence-corrected chi connectivity index (χ0v) is 21.9. The number of rotatable bonds is 7. The highest BCUT2D eigenvalue weighted by atomic mass is 32.2. The molecule has 0 aliphatic heterocycles. The van der Waals surface area contributed by atoms with Gasteiger partial charge < -0.3 is 0 Å². The summed E-state index contributed by atoms with van der Waals surface area (Å²) in [6.07, 6.45) is 1.62. The summed E-state index contributed by atoms with van der Waals surface area (Å²) in [5.74, 6) is -0.551. The van der Waals surface area contributed by atoms with Gasteiger partial charge in [0.2, 0.25) is 0 Å². The standard InChI is InChI=1S/C31H27N3O3S/c1-22-15-17-26(18-16-22)38(36,37)34(30-14-8-3-9-23(30)2)21-31(35)33-32-20-29-27-12-6-4-10-24(27)19-25-11-5-7-13-28(25)29/h3-20H,21H2,1-2H3,(H,33,35)/b32-20+. The molecule has 0 atom stereocenters. The second-order valence-electron chi connectivity index (χ2n) is 9.14. The highest BCUT2D eigenvalue weighted by molar-refractivity contribution is 7.92. The normalized spacial score (nSPS) is 11.7. The number of hydrogen-bond acceptors (Lipinski definition) is 4. The van der Waals surface area contributed by atoms with Crippen LogP contribution < -0.4 is 9.73 Å². The molecule has 0 aliphatic carbocycles. The first-order chi connectivity index (χ1) is 18.3. The van der Waals surface area contributed by atoms with E-state index in [4.69, 9.17) is 0 Å². The molecule has 190 valence electrons. The summed E-state index contributed by atoms with van der Waals surface area (Å²) in [4.78, 5) is 13.2. The monoisotopic (exact) mass is 521 g/mol. The second-order valence-corrected chi connectivity index (χ2v) is 11.0. The third-order valence-corrected chi connectivity index (χ3v) is 8.25. The van der Waals surface area contributed by atoms with Crippen LogP contribution in [0.1, 0.15) is 16.7 Å². The molecule has 1 amide bonds. The predicted molar refractivity (Wildman–Crippen MR) is 154 cm³/mol. The van der Waals surface area contributed by atoms with E-state index in [1.54, 1.807) is 42.6 Å². The second kappa shape index (κ2) is 10.5. The van der Waals surface area contributed by atoms with E-state index in [0.717, 1.165) is 42.5 Å². The van der Waals surface area contributed by atoms with Crippen molar-refractivity contribution in [2.45, 2.75) is 18.7 Å². The molecule has 1 N–H and O–H groups in total. The lowest BCUT2D eigenvalue weighted by atomic mass is 9.97. The van der Waals surface area contributed by atoms with Gasteiger partial charge in [0.15, 0.2) is 0 Å². The van der Waals surface area contributed by atoms with Crippen molar-refractivity contribution in [2.24, 2.45) is 5.10 Å². The van der Waals surface area contributed by atoms with Gasteiger partial charge in [-0.25, -0.2) is 13.8 Å². The Morgan fingerprint density at radius 1 is 0.816 bits per heavy atom. The fourth-order valence-corrected chi connectivity index (χ4v) is 5.99. The Morgan fingerprint density at radius 2 is 1.39 bits per heavy atom. The molecule has 7 heteroatoms. The van der Waals surface area contributed by atoms with Gasteiger partial charge in [0.05, 0.1) is 16.8 Å². The average Bonchev–Trinajstić information content (AvgIpc) is 2.92. The van der Waals surface area contributed by atoms with Crippen molar-refractivity contribution in [1.82, 2.24) is 5.43 Å². The van der Waals surface area contributed by atoms with Gasteiger partial charge in [-0.1, -0.05) is 84.4 Å². The Kier molecular flexibility index (Phi) is 6.94. The zero-order valence-electron chi connectivity index (χ0n) is 21.1. The van der Waals surface area contributed by atoms with Crippen molar-refractivity contribution in [2.75, 3.05) is 10.8 Å². The number of para-hydroxylation sites is 1. The number of fused-ring (bicyclic) bond motifs is 2. The Bertz CT molecular complexity index is 1720. The first-order valence-corrected chi connectivity index (χ1v) is 13.7. The molecule has 6 nitrogen and oxygen atoms in total. The molecule has 0 saturated carbocycles. The molecular formula is C31H27N3O3S. The number of carbonyl (C=O) groups excluding carboxylic acids is 1. The smallest absolute Gasteiger partial charge is 0.264 e. The largest absolute Gasteiger partial charge is 0.271 e. The number of hydrazone groups is 1. The number of hydrogen-bond donors (Lipinski definition) is 1. The first-order valence-electron chi connectivity index (χ1n) is 12.2. The van der Waals surface area contributed by atoms with Gasteiger partial charge in [0.1, 0.15) is 6.54 Å². The molecule has 0 aliphatic rings. The lowest BCUT2D eigenvalue weighted by Crippen LogP contribution is -2.40. The molecule has 0 saturated heterocycles. The summed E-state index contributed by atoms with van der Waals surface area (Å²) in [6.45, 7) is 3.28. The number of aryl methyl sites for hydroxylation is 2. The number of amides is 1. The minimum absolute atomic E-state index is 0.116. The third-order valence-electron chi connectivity index (χ3n) is 6.48. The summed E-state index contributed by atoms with van der Waals surface area (Å²) in [5.41, 5.74) is 5.53. The molecule has 0 radical (unpaired) electrons. The van der Waals surface area contributed by atoms with E-state index < -0.39 is 22.5 Å². The highest BCUT2D eigenvalue weighted by Gasteiger charge is 2.28. The Labute approximate surface area is 222 Å². The summed E-state index contributed by atoms with van der Waals surface area (Å²) < 4.78 is 28.4. The topological polar surface area (TPSA) is 78.8 Å². The van der Waals surface area contributed by atoms with Crippen molar-refractivity contribution in [3.63, 3.8) is 0 Å². The molecule has 0 fully saturated rings. The van der Waals surface area contributed by atoms with Crippen LogP contribution in [0, 0.1) is 13.8 Å². The van der Waals surface area contributed by atoms with E-state index in [9.17, 15) is 13.2 Å². The maximum Gasteiger partial charge on any atom is 0.264 e. The summed E-state index contributed by atoms with van der Waals surface area (Å²) in [5, 5.41) is 8.37. The third kappa shape index (κ3) is 5.01. The Hall–Kier alpha value is -4.49. The molecule has 5 aromatic rings. The molecule has 0 unspecified atom stereocenters. The Morgan fingerprint density at radius 3 is 2.03 bits per heavy atom. The van der Waals surface area contributed by atoms with Crippen LogP contribution >= 0.6 is 0 Å². The van der Waals surface area contributed by atoms with Crippen LogP contribution in [-0.4, -0.2) is 27.1 Å². The van der Waals surface area contributed by atoms with Crippen LogP contribution in [-0.2, 0) is 14.8 Å². The molecule has 0 aromatic heterocycles. The van der Waals surface area contributed by atoms with Gasteiger partial charge in [-0.3, -0.25) is 9.10 Å². The number of anilines is 1. The van der Waals surface area contributed by atoms with E-state index in [1.807, 2.05) is 74.5 Å². The fourth-order valence-electron chi connectivity index (χ4n) is 4.50. The van der Waals surface area contributed by atoms with Crippen LogP contribution in [0.15, 0.2) is 113 Å². The molecule has 5 rings (SSSR count). The summed E-state index contributed by atoms with van der Waals surface area (Å²) in [6, 6.07) is 31.8. The average molecular weight is 522 g/mol. The van der Waals surface area contributed by atoms with Crippen molar-refractivity contribution >= 4 is 49.4 Å². The van der Waals surface area contributed by atoms with Gasteiger partial charge in [-0.15, -0.1) is 0 Å². The van der Waals surface area contributed by atoms with Crippen LogP contribution in [0.3, 0.4) is 0 Å². The number of carbonyl (C=O) groups is 1. The maximum atomic E-state index is 13.6.